The van der Waals surface area contributed by atoms with Crippen molar-refractivity contribution >= 4 is 11.9 Å². The molecule has 0 spiro atoms. The zero-order valence-electron chi connectivity index (χ0n) is 14.8. The average molecular weight is 279 g/mol. The number of hydrogen-bond donors (Lipinski definition) is 1. The van der Waals surface area contributed by atoms with Crippen LogP contribution >= 0.6 is 0 Å². The third kappa shape index (κ3) is 6.33. The first-order valence-electron chi connectivity index (χ1n) is 7.75. The first kappa shape index (κ1) is 21.2. The number of benzene rings is 1. The standard InChI is InChI=1S/C14H21NO.2C2H6/c1-6-15-13-10(4)7-12(8-11(13)5)14(16)9(2)3;2*1-2/h6-9,14,16H,1-5H3;2*1-2H3. The van der Waals surface area contributed by atoms with Crippen LogP contribution in [0.5, 0.6) is 0 Å². The Morgan fingerprint density at radius 2 is 1.40 bits per heavy atom. The summed E-state index contributed by atoms with van der Waals surface area (Å²) in [7, 11) is 0. The summed E-state index contributed by atoms with van der Waals surface area (Å²) >= 11 is 0. The van der Waals surface area contributed by atoms with Gasteiger partial charge in [0, 0.05) is 6.21 Å². The molecule has 1 atom stereocenters. The fourth-order valence-electron chi connectivity index (χ4n) is 1.88. The highest BCUT2D eigenvalue weighted by Crippen LogP contribution is 2.30. The van der Waals surface area contributed by atoms with Crippen molar-refractivity contribution in [3.63, 3.8) is 0 Å². The van der Waals surface area contributed by atoms with Crippen LogP contribution in [0.4, 0.5) is 5.69 Å². The largest absolute Gasteiger partial charge is 0.388 e. The van der Waals surface area contributed by atoms with E-state index in [-0.39, 0.29) is 5.92 Å². The van der Waals surface area contributed by atoms with Gasteiger partial charge in [0.1, 0.15) is 0 Å². The number of rotatable bonds is 3. The number of aliphatic imine (C=N–C) groups is 1. The van der Waals surface area contributed by atoms with E-state index in [1.807, 2.05) is 74.4 Å². The van der Waals surface area contributed by atoms with Crippen LogP contribution in [-0.2, 0) is 0 Å². The van der Waals surface area contributed by atoms with Crippen LogP contribution in [0.25, 0.3) is 0 Å². The van der Waals surface area contributed by atoms with Gasteiger partial charge in [0.25, 0.3) is 0 Å². The molecule has 1 rings (SSSR count). The second-order valence-corrected chi connectivity index (χ2v) is 4.58. The highest BCUT2D eigenvalue weighted by atomic mass is 16.3. The minimum absolute atomic E-state index is 0.235. The molecular weight excluding hydrogens is 246 g/mol. The van der Waals surface area contributed by atoms with Gasteiger partial charge in [-0.15, -0.1) is 0 Å². The predicted octanol–water partition coefficient (Wildman–Crippen LogP) is 5.77. The molecule has 0 aliphatic heterocycles. The van der Waals surface area contributed by atoms with Gasteiger partial charge in [0.05, 0.1) is 11.8 Å². The van der Waals surface area contributed by atoms with E-state index in [0.29, 0.717) is 0 Å². The molecule has 1 aromatic rings. The van der Waals surface area contributed by atoms with Gasteiger partial charge < -0.3 is 5.11 Å². The second kappa shape index (κ2) is 11.7. The minimum Gasteiger partial charge on any atom is -0.388 e. The van der Waals surface area contributed by atoms with Crippen LogP contribution < -0.4 is 0 Å². The van der Waals surface area contributed by atoms with Gasteiger partial charge in [0.2, 0.25) is 0 Å². The molecule has 0 amide bonds. The van der Waals surface area contributed by atoms with Crippen LogP contribution in [0.2, 0.25) is 0 Å². The van der Waals surface area contributed by atoms with Crippen molar-refractivity contribution in [2.45, 2.75) is 68.4 Å². The van der Waals surface area contributed by atoms with Crippen LogP contribution in [0.3, 0.4) is 0 Å². The lowest BCUT2D eigenvalue weighted by molar-refractivity contribution is 0.127. The molecule has 0 radical (unpaired) electrons. The molecule has 1 aromatic carbocycles. The Hall–Kier alpha value is -1.15. The fraction of sp³-hybridized carbons (Fsp3) is 0.611. The van der Waals surface area contributed by atoms with E-state index in [4.69, 9.17) is 0 Å². The normalized spacial score (nSPS) is 11.6. The summed E-state index contributed by atoms with van der Waals surface area (Å²) in [6.45, 7) is 18.0. The van der Waals surface area contributed by atoms with Crippen LogP contribution in [0.15, 0.2) is 17.1 Å². The zero-order valence-corrected chi connectivity index (χ0v) is 14.8. The van der Waals surface area contributed by atoms with Crippen molar-refractivity contribution in [2.24, 2.45) is 10.9 Å². The van der Waals surface area contributed by atoms with Crippen molar-refractivity contribution < 1.29 is 5.11 Å². The van der Waals surface area contributed by atoms with Crippen molar-refractivity contribution in [2.75, 3.05) is 0 Å². The maximum absolute atomic E-state index is 10.0. The maximum Gasteiger partial charge on any atom is 0.0813 e. The molecule has 1 N–H and O–H groups in total. The Morgan fingerprint density at radius 1 is 1.00 bits per heavy atom. The Bertz CT molecular complexity index is 371. The molecule has 0 saturated carbocycles. The molecule has 0 fully saturated rings. The molecule has 0 aliphatic rings. The molecular formula is C18H33NO. The van der Waals surface area contributed by atoms with E-state index in [9.17, 15) is 5.11 Å². The summed E-state index contributed by atoms with van der Waals surface area (Å²) in [4.78, 5) is 4.34. The van der Waals surface area contributed by atoms with Gasteiger partial charge >= 0.3 is 0 Å². The van der Waals surface area contributed by atoms with Crippen molar-refractivity contribution in [3.8, 4) is 0 Å². The van der Waals surface area contributed by atoms with Gasteiger partial charge in [-0.3, -0.25) is 4.99 Å². The Kier molecular flexibility index (Phi) is 12.3. The summed E-state index contributed by atoms with van der Waals surface area (Å²) < 4.78 is 0. The lowest BCUT2D eigenvalue weighted by atomic mass is 9.95. The number of aliphatic hydroxyl groups excluding tert-OH is 1. The lowest BCUT2D eigenvalue weighted by Gasteiger charge is -2.17. The van der Waals surface area contributed by atoms with E-state index < -0.39 is 6.10 Å². The Morgan fingerprint density at radius 3 is 1.70 bits per heavy atom. The molecule has 0 bridgehead atoms. The zero-order chi connectivity index (χ0) is 16.3. The maximum atomic E-state index is 10.0. The van der Waals surface area contributed by atoms with Gasteiger partial charge in [0.15, 0.2) is 0 Å². The summed E-state index contributed by atoms with van der Waals surface area (Å²) in [6, 6.07) is 4.06. The van der Waals surface area contributed by atoms with Gasteiger partial charge in [-0.25, -0.2) is 0 Å². The van der Waals surface area contributed by atoms with Crippen LogP contribution in [0, 0.1) is 19.8 Å². The first-order valence-corrected chi connectivity index (χ1v) is 7.75. The van der Waals surface area contributed by atoms with Crippen LogP contribution in [0.1, 0.15) is 71.3 Å². The SMILES string of the molecule is CC.CC.CC=Nc1c(C)cc(C(O)C(C)C)cc1C. The van der Waals surface area contributed by atoms with Gasteiger partial charge in [-0.05, 0) is 43.4 Å². The molecule has 0 heterocycles. The Labute approximate surface area is 126 Å². The number of aliphatic hydroxyl groups is 1. The fourth-order valence-corrected chi connectivity index (χ4v) is 1.88. The van der Waals surface area contributed by atoms with E-state index in [1.165, 1.54) is 0 Å². The molecule has 116 valence electrons. The summed E-state index contributed by atoms with van der Waals surface area (Å²) in [5.74, 6) is 0.235. The third-order valence-corrected chi connectivity index (χ3v) is 2.74. The molecule has 2 nitrogen and oxygen atoms in total. The van der Waals surface area contributed by atoms with Crippen LogP contribution in [-0.4, -0.2) is 11.3 Å². The average Bonchev–Trinajstić information content (AvgIpc) is 2.46. The number of aryl methyl sites for hydroxylation is 2. The monoisotopic (exact) mass is 279 g/mol. The van der Waals surface area contributed by atoms with E-state index in [0.717, 1.165) is 22.4 Å². The highest BCUT2D eigenvalue weighted by Gasteiger charge is 2.14. The lowest BCUT2D eigenvalue weighted by Crippen LogP contribution is -2.06. The van der Waals surface area contributed by atoms with Gasteiger partial charge in [-0.1, -0.05) is 53.7 Å². The first-order chi connectivity index (χ1) is 9.47. The van der Waals surface area contributed by atoms with E-state index in [1.54, 1.807) is 6.21 Å². The third-order valence-electron chi connectivity index (χ3n) is 2.74. The number of hydrogen-bond acceptors (Lipinski definition) is 2. The summed E-state index contributed by atoms with van der Waals surface area (Å²) in [5, 5.41) is 10.0. The van der Waals surface area contributed by atoms with Crippen molar-refractivity contribution in [3.05, 3.63) is 28.8 Å². The second-order valence-electron chi connectivity index (χ2n) is 4.58. The molecule has 20 heavy (non-hydrogen) atoms. The van der Waals surface area contributed by atoms with E-state index in [2.05, 4.69) is 4.99 Å². The molecule has 0 aromatic heterocycles. The highest BCUT2D eigenvalue weighted by molar-refractivity contribution is 5.65. The Balaban J connectivity index is 0. The molecule has 1 unspecified atom stereocenters. The summed E-state index contributed by atoms with van der Waals surface area (Å²) in [5.41, 5.74) is 4.24. The quantitative estimate of drug-likeness (QED) is 0.700. The van der Waals surface area contributed by atoms with Gasteiger partial charge in [-0.2, -0.15) is 0 Å². The molecule has 2 heteroatoms. The molecule has 0 saturated heterocycles. The van der Waals surface area contributed by atoms with E-state index >= 15 is 0 Å². The summed E-state index contributed by atoms with van der Waals surface area (Å²) in [6.07, 6.45) is 1.41. The minimum atomic E-state index is -0.392. The van der Waals surface area contributed by atoms with Crippen molar-refractivity contribution in [1.29, 1.82) is 0 Å². The van der Waals surface area contributed by atoms with Crippen molar-refractivity contribution in [1.82, 2.24) is 0 Å². The smallest absolute Gasteiger partial charge is 0.0813 e. The molecule has 0 aliphatic carbocycles. The predicted molar refractivity (Wildman–Crippen MR) is 92.2 cm³/mol. The number of nitrogens with zero attached hydrogens (tertiary/aromatic N) is 1. The topological polar surface area (TPSA) is 32.6 Å².